The molecule has 0 saturated carbocycles. The molecule has 2 aromatic carbocycles. The van der Waals surface area contributed by atoms with Crippen LogP contribution in [0.2, 0.25) is 5.02 Å². The van der Waals surface area contributed by atoms with Crippen LogP contribution in [0.4, 0.5) is 5.69 Å². The molecule has 31 heavy (non-hydrogen) atoms. The SMILES string of the molecule is O=C(CSc1nnc(-c2ccccc2)n1CCN1CCOCC1)Nc1ccc(Cl)cc1. The Kier molecular flexibility index (Phi) is 7.58. The highest BCUT2D eigenvalue weighted by molar-refractivity contribution is 7.99. The lowest BCUT2D eigenvalue weighted by Gasteiger charge is -2.27. The lowest BCUT2D eigenvalue weighted by Crippen LogP contribution is -2.38. The van der Waals surface area contributed by atoms with Crippen molar-refractivity contribution in [3.63, 3.8) is 0 Å². The smallest absolute Gasteiger partial charge is 0.234 e. The number of halogens is 1. The zero-order chi connectivity index (χ0) is 21.5. The molecule has 1 aromatic heterocycles. The van der Waals surface area contributed by atoms with E-state index < -0.39 is 0 Å². The van der Waals surface area contributed by atoms with E-state index in [0.717, 1.165) is 55.9 Å². The molecule has 1 N–H and O–H groups in total. The molecule has 0 unspecified atom stereocenters. The molecule has 0 bridgehead atoms. The third-order valence-corrected chi connectivity index (χ3v) is 6.17. The van der Waals surface area contributed by atoms with Crippen molar-refractivity contribution in [2.75, 3.05) is 43.9 Å². The Hall–Kier alpha value is -2.39. The molecule has 1 fully saturated rings. The largest absolute Gasteiger partial charge is 0.379 e. The highest BCUT2D eigenvalue weighted by Gasteiger charge is 2.18. The van der Waals surface area contributed by atoms with E-state index in [1.54, 1.807) is 24.3 Å². The summed E-state index contributed by atoms with van der Waals surface area (Å²) < 4.78 is 7.55. The second-order valence-electron chi connectivity index (χ2n) is 7.12. The Morgan fingerprint density at radius 3 is 2.52 bits per heavy atom. The van der Waals surface area contributed by atoms with Gasteiger partial charge in [-0.05, 0) is 24.3 Å². The summed E-state index contributed by atoms with van der Waals surface area (Å²) in [7, 11) is 0. The molecule has 1 aliphatic heterocycles. The number of hydrogen-bond acceptors (Lipinski definition) is 6. The summed E-state index contributed by atoms with van der Waals surface area (Å²) >= 11 is 7.29. The third kappa shape index (κ3) is 6.07. The van der Waals surface area contributed by atoms with Gasteiger partial charge in [-0.15, -0.1) is 10.2 Å². The van der Waals surface area contributed by atoms with Crippen molar-refractivity contribution < 1.29 is 9.53 Å². The topological polar surface area (TPSA) is 72.3 Å². The fourth-order valence-electron chi connectivity index (χ4n) is 3.32. The van der Waals surface area contributed by atoms with E-state index >= 15 is 0 Å². The normalized spacial score (nSPS) is 14.5. The van der Waals surface area contributed by atoms with Gasteiger partial charge >= 0.3 is 0 Å². The van der Waals surface area contributed by atoms with Crippen molar-refractivity contribution >= 4 is 35.0 Å². The average Bonchev–Trinajstić information content (AvgIpc) is 3.22. The first-order valence-corrected chi connectivity index (χ1v) is 11.5. The van der Waals surface area contributed by atoms with Gasteiger partial charge in [-0.1, -0.05) is 53.7 Å². The van der Waals surface area contributed by atoms with Gasteiger partial charge in [0.1, 0.15) is 0 Å². The number of aromatic nitrogens is 3. The van der Waals surface area contributed by atoms with Crippen molar-refractivity contribution in [3.05, 3.63) is 59.6 Å². The summed E-state index contributed by atoms with van der Waals surface area (Å²) in [5.41, 5.74) is 1.73. The number of carbonyl (C=O) groups is 1. The number of hydrogen-bond donors (Lipinski definition) is 1. The molecule has 162 valence electrons. The van der Waals surface area contributed by atoms with Crippen LogP contribution in [-0.2, 0) is 16.1 Å². The molecule has 0 spiro atoms. The molecular formula is C22H24ClN5O2S. The second kappa shape index (κ2) is 10.8. The lowest BCUT2D eigenvalue weighted by atomic mass is 10.2. The van der Waals surface area contributed by atoms with Gasteiger partial charge in [0.2, 0.25) is 5.91 Å². The number of amides is 1. The summed E-state index contributed by atoms with van der Waals surface area (Å²) in [6.45, 7) is 5.01. The Morgan fingerprint density at radius 1 is 1.03 bits per heavy atom. The standard InChI is InChI=1S/C22H24ClN5O2S/c23-18-6-8-19(9-7-18)24-20(29)16-31-22-26-25-21(17-4-2-1-3-5-17)28(22)11-10-27-12-14-30-15-13-27/h1-9H,10-16H2,(H,24,29). The number of anilines is 1. The van der Waals surface area contributed by atoms with E-state index in [1.807, 2.05) is 30.3 Å². The van der Waals surface area contributed by atoms with Gasteiger partial charge in [0.05, 0.1) is 19.0 Å². The van der Waals surface area contributed by atoms with Crippen LogP contribution in [-0.4, -0.2) is 64.2 Å². The maximum absolute atomic E-state index is 12.4. The summed E-state index contributed by atoms with van der Waals surface area (Å²) in [5, 5.41) is 13.1. The minimum Gasteiger partial charge on any atom is -0.379 e. The lowest BCUT2D eigenvalue weighted by molar-refractivity contribution is -0.113. The Bertz CT molecular complexity index is 991. The molecule has 4 rings (SSSR count). The van der Waals surface area contributed by atoms with Gasteiger partial charge < -0.3 is 14.6 Å². The minimum atomic E-state index is -0.101. The molecular weight excluding hydrogens is 434 g/mol. The number of benzene rings is 2. The number of morpholine rings is 1. The highest BCUT2D eigenvalue weighted by atomic mass is 35.5. The quantitative estimate of drug-likeness (QED) is 0.520. The van der Waals surface area contributed by atoms with Crippen LogP contribution in [0.25, 0.3) is 11.4 Å². The van der Waals surface area contributed by atoms with Crippen molar-refractivity contribution in [1.82, 2.24) is 19.7 Å². The third-order valence-electron chi connectivity index (χ3n) is 4.95. The number of nitrogens with zero attached hydrogens (tertiary/aromatic N) is 4. The second-order valence-corrected chi connectivity index (χ2v) is 8.50. The maximum atomic E-state index is 12.4. The van der Waals surface area contributed by atoms with Gasteiger partial charge in [0, 0.05) is 42.5 Å². The van der Waals surface area contributed by atoms with E-state index in [-0.39, 0.29) is 11.7 Å². The fourth-order valence-corrected chi connectivity index (χ4v) is 4.21. The zero-order valence-electron chi connectivity index (χ0n) is 17.0. The first-order valence-electron chi connectivity index (χ1n) is 10.2. The van der Waals surface area contributed by atoms with E-state index in [2.05, 4.69) is 25.0 Å². The van der Waals surface area contributed by atoms with Crippen LogP contribution in [0, 0.1) is 0 Å². The van der Waals surface area contributed by atoms with Crippen LogP contribution in [0.15, 0.2) is 59.8 Å². The van der Waals surface area contributed by atoms with E-state index in [1.165, 1.54) is 11.8 Å². The molecule has 0 radical (unpaired) electrons. The van der Waals surface area contributed by atoms with Gasteiger partial charge in [-0.2, -0.15) is 0 Å². The van der Waals surface area contributed by atoms with E-state index in [4.69, 9.17) is 16.3 Å². The monoisotopic (exact) mass is 457 g/mol. The average molecular weight is 458 g/mol. The number of ether oxygens (including phenoxy) is 1. The number of nitrogens with one attached hydrogen (secondary N) is 1. The van der Waals surface area contributed by atoms with Crippen LogP contribution >= 0.6 is 23.4 Å². The molecule has 0 aliphatic carbocycles. The van der Waals surface area contributed by atoms with Crippen molar-refractivity contribution in [1.29, 1.82) is 0 Å². The summed E-state index contributed by atoms with van der Waals surface area (Å²) in [6.07, 6.45) is 0. The van der Waals surface area contributed by atoms with Crippen LogP contribution in [0.1, 0.15) is 0 Å². The van der Waals surface area contributed by atoms with Crippen LogP contribution < -0.4 is 5.32 Å². The highest BCUT2D eigenvalue weighted by Crippen LogP contribution is 2.24. The van der Waals surface area contributed by atoms with Crippen molar-refractivity contribution in [3.8, 4) is 11.4 Å². The Labute approximate surface area is 190 Å². The predicted molar refractivity (Wildman–Crippen MR) is 124 cm³/mol. The number of rotatable bonds is 8. The maximum Gasteiger partial charge on any atom is 0.234 e. The van der Waals surface area contributed by atoms with Crippen molar-refractivity contribution in [2.45, 2.75) is 11.7 Å². The molecule has 7 nitrogen and oxygen atoms in total. The number of thioether (sulfide) groups is 1. The fraction of sp³-hybridized carbons (Fsp3) is 0.318. The van der Waals surface area contributed by atoms with E-state index in [9.17, 15) is 4.79 Å². The van der Waals surface area contributed by atoms with E-state index in [0.29, 0.717) is 10.7 Å². The summed E-state index contributed by atoms with van der Waals surface area (Å²) in [6, 6.07) is 17.1. The Morgan fingerprint density at radius 2 is 1.77 bits per heavy atom. The molecule has 1 aliphatic rings. The van der Waals surface area contributed by atoms with Gasteiger partial charge in [-0.25, -0.2) is 0 Å². The molecule has 0 atom stereocenters. The van der Waals surface area contributed by atoms with Crippen molar-refractivity contribution in [2.24, 2.45) is 0 Å². The van der Waals surface area contributed by atoms with Gasteiger partial charge in [0.25, 0.3) is 0 Å². The molecule has 3 aromatic rings. The zero-order valence-corrected chi connectivity index (χ0v) is 18.6. The summed E-state index contributed by atoms with van der Waals surface area (Å²) in [5.74, 6) is 0.957. The molecule has 2 heterocycles. The molecule has 1 saturated heterocycles. The van der Waals surface area contributed by atoms with Crippen LogP contribution in [0.3, 0.4) is 0 Å². The number of carbonyl (C=O) groups excluding carboxylic acids is 1. The minimum absolute atomic E-state index is 0.101. The van der Waals surface area contributed by atoms with Gasteiger partial charge in [-0.3, -0.25) is 9.69 Å². The Balaban J connectivity index is 1.44. The van der Waals surface area contributed by atoms with Gasteiger partial charge in [0.15, 0.2) is 11.0 Å². The molecule has 9 heteroatoms. The summed E-state index contributed by atoms with van der Waals surface area (Å²) in [4.78, 5) is 14.8. The molecule has 1 amide bonds. The van der Waals surface area contributed by atoms with Crippen LogP contribution in [0.5, 0.6) is 0 Å². The first kappa shape index (κ1) is 21.8. The predicted octanol–water partition coefficient (Wildman–Crippen LogP) is 3.66. The first-order chi connectivity index (χ1) is 15.2.